The first-order valence-electron chi connectivity index (χ1n) is 43.5. The second kappa shape index (κ2) is 44.1. The summed E-state index contributed by atoms with van der Waals surface area (Å²) in [6.45, 7) is 34.5. The molecule has 2 aromatic heterocycles. The van der Waals surface area contributed by atoms with Crippen LogP contribution in [-0.2, 0) is 31.9 Å². The van der Waals surface area contributed by atoms with Crippen molar-refractivity contribution in [1.29, 1.82) is 0 Å². The number of aromatic nitrogens is 2. The van der Waals surface area contributed by atoms with Crippen LogP contribution in [0.3, 0.4) is 0 Å². The second-order valence-electron chi connectivity index (χ2n) is 33.4. The lowest BCUT2D eigenvalue weighted by Crippen LogP contribution is -2.05. The third kappa shape index (κ3) is 23.9. The van der Waals surface area contributed by atoms with Crippen molar-refractivity contribution in [3.8, 4) is 11.3 Å². The van der Waals surface area contributed by atoms with Gasteiger partial charge in [-0.15, -0.1) is 0 Å². The van der Waals surface area contributed by atoms with Gasteiger partial charge in [0, 0.05) is 61.2 Å². The molecule has 124 heavy (non-hydrogen) atoms. The Labute approximate surface area is 728 Å². The van der Waals surface area contributed by atoms with Gasteiger partial charge in [0.1, 0.15) is 17.3 Å². The number of halogens is 5. The van der Waals surface area contributed by atoms with Crippen LogP contribution < -0.4 is 0 Å². The Morgan fingerprint density at radius 2 is 0.645 bits per heavy atom. The highest BCUT2D eigenvalue weighted by Gasteiger charge is 2.38. The maximum atomic E-state index is 12.9. The third-order valence-corrected chi connectivity index (χ3v) is 22.1. The van der Waals surface area contributed by atoms with Crippen LogP contribution in [0.2, 0.25) is 0 Å². The molecule has 0 aliphatic carbocycles. The molecule has 0 N–H and O–H groups in total. The summed E-state index contributed by atoms with van der Waals surface area (Å²) in [5.74, 6) is 2.03. The molecule has 0 fully saturated rings. The van der Waals surface area contributed by atoms with Crippen molar-refractivity contribution in [2.24, 2.45) is 0 Å². The van der Waals surface area contributed by atoms with Crippen molar-refractivity contribution in [2.75, 3.05) is 0 Å². The lowest BCUT2D eigenvalue weighted by atomic mass is 9.89. The van der Waals surface area contributed by atoms with Gasteiger partial charge in [0.25, 0.3) is 0 Å². The van der Waals surface area contributed by atoms with Crippen LogP contribution in [0.4, 0.5) is 22.0 Å². The standard InChI is InChI=1S/C23H24O.C20H18O.C19H21FO.C19H21NO.C16H15FO.C14H16F3NO/c1-4-8-22-20(16(2)3)13-11-18-15-19(12-14-21(18)22)23(24)17-9-6-5-7-10-17;1-14(2)16-8-9-18-13-19(11-10-17(18)12-16)20(21)15-6-4-3-5-7-15;1-4-5-15-12-16(8-11-18(15)13(2)3)19(21)14-6-9-17(20)10-7-14;1-4-8-16-15(13(2)3)11-12-17-18(20-21-19(16)17)14-9-6-5-7-10-14;1-11(2)12-3-5-13(6-4-12)16(18)14-7-9-15(17)10-8-14;1-4-5-10-9(8(2)3)6-7-11-12(10)19-18-13(11)14(15,16)17/h5-7,9-16H,4,8H2,1-3H3;3-14H,1-2H3;6-13H,4-5H2,1-3H3;5-7,9-13H,4,8H2,1-3H3;3-11H,1-2H3;6-8H,4-5H2,1-3H3. The number of rotatable bonds is 23. The Kier molecular flexibility index (Phi) is 33.4. The van der Waals surface area contributed by atoms with E-state index in [0.29, 0.717) is 58.3 Å². The molecule has 0 aliphatic rings. The SMILES string of the molecule is CC(C)c1ccc(C(=O)c2ccc(F)cc2)cc1.CC(C)c1ccc2cc(C(=O)c3ccccc3)ccc2c1.CCCc1c(C(C)C)ccc2c(-c3ccccc3)noc12.CCCc1c(C(C)C)ccc2c(C(F)(F)F)noc12.CCCc1c(C(C)C)ccc2cc(C(=O)c3ccccc3)ccc12.CCCc1cc(C(=O)c2ccc(F)cc2)ccc1C(C)C. The zero-order valence-electron chi connectivity index (χ0n) is 74.3. The van der Waals surface area contributed by atoms with Gasteiger partial charge in [-0.2, -0.15) is 13.2 Å². The molecule has 0 radical (unpaired) electrons. The van der Waals surface area contributed by atoms with Gasteiger partial charge in [-0.25, -0.2) is 8.78 Å². The molecule has 13 aromatic carbocycles. The Morgan fingerprint density at radius 3 is 1.12 bits per heavy atom. The number of nitrogens with zero attached hydrogens (tertiary/aromatic N) is 2. The molecule has 8 nitrogen and oxygen atoms in total. The Morgan fingerprint density at radius 1 is 0.306 bits per heavy atom. The summed E-state index contributed by atoms with van der Waals surface area (Å²) in [6, 6.07) is 84.5. The van der Waals surface area contributed by atoms with Gasteiger partial charge in [-0.3, -0.25) is 19.2 Å². The Hall–Kier alpha value is -12.4. The summed E-state index contributed by atoms with van der Waals surface area (Å²) in [4.78, 5) is 49.7. The molecular formula is C111H115F5N2O6. The Bertz CT molecular complexity index is 6060. The van der Waals surface area contributed by atoms with E-state index >= 15 is 0 Å². The minimum atomic E-state index is -4.48. The van der Waals surface area contributed by atoms with E-state index in [-0.39, 0.29) is 51.7 Å². The van der Waals surface area contributed by atoms with Gasteiger partial charge in [0.2, 0.25) is 0 Å². The summed E-state index contributed by atoms with van der Waals surface area (Å²) in [6.07, 6.45) is 3.44. The van der Waals surface area contributed by atoms with Crippen LogP contribution in [0.1, 0.15) is 297 Å². The minimum Gasteiger partial charge on any atom is -0.355 e. The van der Waals surface area contributed by atoms with E-state index in [9.17, 15) is 41.1 Å². The molecule has 0 spiro atoms. The maximum absolute atomic E-state index is 12.9. The van der Waals surface area contributed by atoms with E-state index in [0.717, 1.165) is 111 Å². The highest BCUT2D eigenvalue weighted by atomic mass is 19.4. The molecule has 15 rings (SSSR count). The monoisotopic (exact) mass is 1670 g/mol. The van der Waals surface area contributed by atoms with E-state index < -0.39 is 11.9 Å². The highest BCUT2D eigenvalue weighted by Crippen LogP contribution is 2.40. The fraction of sp³-hybridized carbons (Fsp3) is 0.279. The van der Waals surface area contributed by atoms with Crippen molar-refractivity contribution in [3.63, 3.8) is 0 Å². The average Bonchev–Trinajstić information content (AvgIpc) is 1.73. The molecular weight excluding hydrogens is 1550 g/mol. The number of hydrogen-bond donors (Lipinski definition) is 0. The van der Waals surface area contributed by atoms with Gasteiger partial charge in [0.05, 0.1) is 10.8 Å². The number of carbonyl (C=O) groups excluding carboxylic acids is 4. The maximum Gasteiger partial charge on any atom is 0.437 e. The third-order valence-electron chi connectivity index (χ3n) is 22.1. The predicted molar refractivity (Wildman–Crippen MR) is 499 cm³/mol. The first-order chi connectivity index (χ1) is 59.4. The van der Waals surface area contributed by atoms with Crippen LogP contribution in [0.25, 0.3) is 54.7 Å². The average molecular weight is 1670 g/mol. The minimum absolute atomic E-state index is 0.0531. The number of ketones is 4. The van der Waals surface area contributed by atoms with Crippen LogP contribution in [0.15, 0.2) is 282 Å². The summed E-state index contributed by atoms with van der Waals surface area (Å²) < 4.78 is 74.9. The largest absolute Gasteiger partial charge is 0.437 e. The molecule has 0 atom stereocenters. The lowest BCUT2D eigenvalue weighted by molar-refractivity contribution is -0.141. The molecule has 0 saturated heterocycles. The molecule has 0 saturated carbocycles. The van der Waals surface area contributed by atoms with E-state index in [1.807, 2.05) is 172 Å². The van der Waals surface area contributed by atoms with Crippen molar-refractivity contribution >= 4 is 66.6 Å². The molecule has 0 aliphatic heterocycles. The van der Waals surface area contributed by atoms with Gasteiger partial charge in [-0.05, 0) is 206 Å². The fourth-order valence-electron chi connectivity index (χ4n) is 15.5. The molecule has 0 amide bonds. The summed E-state index contributed by atoms with van der Waals surface area (Å²) in [5, 5.41) is 13.5. The van der Waals surface area contributed by atoms with Gasteiger partial charge in [0.15, 0.2) is 40.0 Å². The number of benzene rings is 13. The van der Waals surface area contributed by atoms with E-state index in [2.05, 4.69) is 161 Å². The lowest BCUT2D eigenvalue weighted by Gasteiger charge is -2.16. The highest BCUT2D eigenvalue weighted by molar-refractivity contribution is 6.12. The summed E-state index contributed by atoms with van der Waals surface area (Å²) in [7, 11) is 0. The predicted octanol–water partition coefficient (Wildman–Crippen LogP) is 31.1. The number of alkyl halides is 3. The fourth-order valence-corrected chi connectivity index (χ4v) is 15.5. The number of fused-ring (bicyclic) bond motifs is 4. The van der Waals surface area contributed by atoms with Crippen molar-refractivity contribution < 1.29 is 50.2 Å². The van der Waals surface area contributed by atoms with E-state index in [1.165, 1.54) is 110 Å². The normalized spacial score (nSPS) is 11.3. The topological polar surface area (TPSA) is 120 Å². The molecule has 0 bridgehead atoms. The smallest absolute Gasteiger partial charge is 0.355 e. The zero-order valence-corrected chi connectivity index (χ0v) is 74.3. The number of hydrogen-bond acceptors (Lipinski definition) is 8. The van der Waals surface area contributed by atoms with E-state index in [4.69, 9.17) is 9.05 Å². The van der Waals surface area contributed by atoms with Gasteiger partial charge < -0.3 is 9.05 Å². The molecule has 15 aromatic rings. The van der Waals surface area contributed by atoms with Crippen molar-refractivity contribution in [3.05, 3.63) is 390 Å². The number of aryl methyl sites for hydroxylation is 4. The summed E-state index contributed by atoms with van der Waals surface area (Å²) >= 11 is 0. The van der Waals surface area contributed by atoms with Crippen LogP contribution >= 0.6 is 0 Å². The quantitative estimate of drug-likeness (QED) is 0.0459. The molecule has 2 heterocycles. The van der Waals surface area contributed by atoms with Crippen LogP contribution in [-0.4, -0.2) is 33.4 Å². The van der Waals surface area contributed by atoms with E-state index in [1.54, 1.807) is 6.07 Å². The summed E-state index contributed by atoms with van der Waals surface area (Å²) in [5.41, 5.74) is 20.1. The van der Waals surface area contributed by atoms with Crippen LogP contribution in [0, 0.1) is 11.6 Å². The van der Waals surface area contributed by atoms with Gasteiger partial charge in [-0.1, -0.05) is 341 Å². The first-order valence-corrected chi connectivity index (χ1v) is 43.5. The molecule has 640 valence electrons. The molecule has 0 unspecified atom stereocenters. The zero-order chi connectivity index (χ0) is 89.5. The van der Waals surface area contributed by atoms with Crippen LogP contribution in [0.5, 0.6) is 0 Å². The molecule has 13 heteroatoms. The Balaban J connectivity index is 0.000000156. The van der Waals surface area contributed by atoms with Crippen molar-refractivity contribution in [1.82, 2.24) is 10.3 Å². The second-order valence-corrected chi connectivity index (χ2v) is 33.4. The van der Waals surface area contributed by atoms with Gasteiger partial charge >= 0.3 is 6.18 Å². The van der Waals surface area contributed by atoms with Crippen molar-refractivity contribution in [2.45, 2.75) is 204 Å². The first kappa shape index (κ1) is 93.9. The number of carbonyl (C=O) groups is 4.